The molecule has 152 valence electrons. The number of carbonyl (C=O) groups is 2. The largest absolute Gasteiger partial charge is 0.311 e. The third-order valence-electron chi connectivity index (χ3n) is 5.70. The molecule has 30 heavy (non-hydrogen) atoms. The number of anilines is 2. The highest BCUT2D eigenvalue weighted by Gasteiger charge is 2.44. The van der Waals surface area contributed by atoms with Crippen molar-refractivity contribution in [2.45, 2.75) is 26.8 Å². The quantitative estimate of drug-likeness (QED) is 0.577. The maximum atomic E-state index is 13.8. The molecule has 1 aliphatic heterocycles. The number of benzene rings is 3. The normalized spacial score (nSPS) is 13.1. The van der Waals surface area contributed by atoms with Crippen LogP contribution in [0.5, 0.6) is 0 Å². The Kier molecular flexibility index (Phi) is 5.40. The van der Waals surface area contributed by atoms with Gasteiger partial charge in [0, 0.05) is 17.9 Å². The topological polar surface area (TPSA) is 40.6 Å². The van der Waals surface area contributed by atoms with Gasteiger partial charge in [-0.25, -0.2) is 0 Å². The number of nitrogens with zero attached hydrogens (tertiary/aromatic N) is 2. The van der Waals surface area contributed by atoms with Gasteiger partial charge in [0.2, 0.25) is 11.8 Å². The van der Waals surface area contributed by atoms with Gasteiger partial charge in [-0.1, -0.05) is 66.7 Å². The van der Waals surface area contributed by atoms with E-state index in [1.54, 1.807) is 23.6 Å². The summed E-state index contributed by atoms with van der Waals surface area (Å²) in [6, 6.07) is 27.3. The van der Waals surface area contributed by atoms with E-state index in [1.165, 1.54) is 0 Å². The fourth-order valence-corrected chi connectivity index (χ4v) is 3.97. The van der Waals surface area contributed by atoms with Gasteiger partial charge in [-0.15, -0.1) is 0 Å². The van der Waals surface area contributed by atoms with E-state index in [4.69, 9.17) is 0 Å². The predicted octanol–water partition coefficient (Wildman–Crippen LogP) is 4.84. The second-order valence-electron chi connectivity index (χ2n) is 8.17. The van der Waals surface area contributed by atoms with Crippen LogP contribution in [-0.2, 0) is 22.6 Å². The minimum absolute atomic E-state index is 0.161. The maximum Gasteiger partial charge on any atom is 0.242 e. The highest BCUT2D eigenvalue weighted by atomic mass is 16.2. The Bertz CT molecular complexity index is 1040. The van der Waals surface area contributed by atoms with Gasteiger partial charge in [-0.3, -0.25) is 9.59 Å². The van der Waals surface area contributed by atoms with E-state index < -0.39 is 5.41 Å². The van der Waals surface area contributed by atoms with Crippen molar-refractivity contribution in [1.29, 1.82) is 0 Å². The Morgan fingerprint density at radius 1 is 0.867 bits per heavy atom. The molecule has 4 heteroatoms. The first-order valence-corrected chi connectivity index (χ1v) is 10.3. The van der Waals surface area contributed by atoms with E-state index in [2.05, 4.69) is 0 Å². The molecule has 2 amide bonds. The summed E-state index contributed by atoms with van der Waals surface area (Å²) in [4.78, 5) is 30.8. The molecule has 0 aliphatic carbocycles. The molecule has 0 aromatic heterocycles. The van der Waals surface area contributed by atoms with Crippen molar-refractivity contribution in [3.63, 3.8) is 0 Å². The molecule has 4 nitrogen and oxygen atoms in total. The standard InChI is InChI=1S/C26H26N2O2/c1-26(2,24(29)27-18-17-21-13-9-10-16-23(21)27)25(30)28(22-14-7-4-8-15-22)19-20-11-5-3-6-12-20/h3-16H,17-19H2,1-2H3. The summed E-state index contributed by atoms with van der Waals surface area (Å²) < 4.78 is 0. The van der Waals surface area contributed by atoms with E-state index >= 15 is 0 Å². The van der Waals surface area contributed by atoms with Crippen LogP contribution in [-0.4, -0.2) is 18.4 Å². The number of hydrogen-bond donors (Lipinski definition) is 0. The van der Waals surface area contributed by atoms with Crippen molar-refractivity contribution in [2.75, 3.05) is 16.3 Å². The zero-order valence-corrected chi connectivity index (χ0v) is 17.4. The second kappa shape index (κ2) is 8.15. The summed E-state index contributed by atoms with van der Waals surface area (Å²) in [7, 11) is 0. The van der Waals surface area contributed by atoms with Crippen molar-refractivity contribution in [3.05, 3.63) is 96.1 Å². The SMILES string of the molecule is CC(C)(C(=O)N(Cc1ccccc1)c1ccccc1)C(=O)N1CCc2ccccc21. The minimum atomic E-state index is -1.19. The first-order valence-electron chi connectivity index (χ1n) is 10.3. The van der Waals surface area contributed by atoms with Gasteiger partial charge >= 0.3 is 0 Å². The van der Waals surface area contributed by atoms with Gasteiger partial charge in [0.05, 0.1) is 6.54 Å². The fraction of sp³-hybridized carbons (Fsp3) is 0.231. The number of amides is 2. The summed E-state index contributed by atoms with van der Waals surface area (Å²) in [6.45, 7) is 4.50. The molecule has 1 heterocycles. The number of fused-ring (bicyclic) bond motifs is 1. The Morgan fingerprint density at radius 2 is 1.47 bits per heavy atom. The number of hydrogen-bond acceptors (Lipinski definition) is 2. The summed E-state index contributed by atoms with van der Waals surface area (Å²) in [6.07, 6.45) is 0.818. The second-order valence-corrected chi connectivity index (χ2v) is 8.17. The molecule has 1 aliphatic rings. The number of carbonyl (C=O) groups excluding carboxylic acids is 2. The van der Waals surface area contributed by atoms with Gasteiger partial charge in [0.1, 0.15) is 5.41 Å². The smallest absolute Gasteiger partial charge is 0.242 e. The highest BCUT2D eigenvalue weighted by molar-refractivity contribution is 6.16. The summed E-state index contributed by atoms with van der Waals surface area (Å²) in [5, 5.41) is 0. The van der Waals surface area contributed by atoms with Gasteiger partial charge in [-0.2, -0.15) is 0 Å². The zero-order chi connectivity index (χ0) is 21.1. The van der Waals surface area contributed by atoms with Crippen LogP contribution in [0.25, 0.3) is 0 Å². The van der Waals surface area contributed by atoms with Crippen LogP contribution >= 0.6 is 0 Å². The monoisotopic (exact) mass is 398 g/mol. The van der Waals surface area contributed by atoms with Crippen LogP contribution in [0.3, 0.4) is 0 Å². The van der Waals surface area contributed by atoms with Crippen LogP contribution < -0.4 is 9.80 Å². The Morgan fingerprint density at radius 3 is 2.17 bits per heavy atom. The molecular weight excluding hydrogens is 372 g/mol. The molecule has 0 saturated carbocycles. The van der Waals surface area contributed by atoms with Crippen molar-refractivity contribution in [3.8, 4) is 0 Å². The summed E-state index contributed by atoms with van der Waals surface area (Å²) >= 11 is 0. The van der Waals surface area contributed by atoms with Crippen LogP contribution in [0.15, 0.2) is 84.9 Å². The summed E-state index contributed by atoms with van der Waals surface area (Å²) in [5.74, 6) is -0.363. The van der Waals surface area contributed by atoms with E-state index in [9.17, 15) is 9.59 Å². The average molecular weight is 399 g/mol. The van der Waals surface area contributed by atoms with Gasteiger partial charge in [0.15, 0.2) is 0 Å². The molecular formula is C26H26N2O2. The van der Waals surface area contributed by atoms with E-state index in [0.29, 0.717) is 13.1 Å². The average Bonchev–Trinajstić information content (AvgIpc) is 3.22. The van der Waals surface area contributed by atoms with Crippen molar-refractivity contribution in [1.82, 2.24) is 0 Å². The lowest BCUT2D eigenvalue weighted by Crippen LogP contribution is -2.50. The van der Waals surface area contributed by atoms with Crippen LogP contribution in [0.1, 0.15) is 25.0 Å². The third kappa shape index (κ3) is 3.73. The van der Waals surface area contributed by atoms with Crippen molar-refractivity contribution < 1.29 is 9.59 Å². The number of rotatable bonds is 5. The zero-order valence-electron chi connectivity index (χ0n) is 17.4. The molecule has 0 unspecified atom stereocenters. The Balaban J connectivity index is 1.65. The molecule has 0 bridgehead atoms. The first kappa shape index (κ1) is 19.9. The molecule has 3 aromatic rings. The molecule has 0 radical (unpaired) electrons. The lowest BCUT2D eigenvalue weighted by Gasteiger charge is -2.34. The van der Waals surface area contributed by atoms with Crippen LogP contribution in [0, 0.1) is 5.41 Å². The van der Waals surface area contributed by atoms with Crippen LogP contribution in [0.2, 0.25) is 0 Å². The lowest BCUT2D eigenvalue weighted by molar-refractivity contribution is -0.138. The van der Waals surface area contributed by atoms with Crippen molar-refractivity contribution >= 4 is 23.2 Å². The molecule has 0 atom stereocenters. The molecule has 0 saturated heterocycles. The van der Waals surface area contributed by atoms with E-state index in [-0.39, 0.29) is 11.8 Å². The Labute approximate surface area is 177 Å². The van der Waals surface area contributed by atoms with Crippen molar-refractivity contribution in [2.24, 2.45) is 5.41 Å². The highest BCUT2D eigenvalue weighted by Crippen LogP contribution is 2.34. The molecule has 0 N–H and O–H groups in total. The molecule has 0 fully saturated rings. The summed E-state index contributed by atoms with van der Waals surface area (Å²) in [5.41, 5.74) is 2.68. The first-order chi connectivity index (χ1) is 14.5. The van der Waals surface area contributed by atoms with Gasteiger partial charge in [-0.05, 0) is 49.6 Å². The van der Waals surface area contributed by atoms with E-state index in [0.717, 1.165) is 28.9 Å². The van der Waals surface area contributed by atoms with Gasteiger partial charge in [0.25, 0.3) is 0 Å². The van der Waals surface area contributed by atoms with Gasteiger partial charge < -0.3 is 9.80 Å². The van der Waals surface area contributed by atoms with Crippen LogP contribution in [0.4, 0.5) is 11.4 Å². The predicted molar refractivity (Wildman–Crippen MR) is 120 cm³/mol. The fourth-order valence-electron chi connectivity index (χ4n) is 3.97. The lowest BCUT2D eigenvalue weighted by atomic mass is 9.88. The molecule has 4 rings (SSSR count). The third-order valence-corrected chi connectivity index (χ3v) is 5.70. The van der Waals surface area contributed by atoms with E-state index in [1.807, 2.05) is 84.9 Å². The molecule has 3 aromatic carbocycles. The Hall–Kier alpha value is -3.40. The molecule has 0 spiro atoms. The maximum absolute atomic E-state index is 13.8. The minimum Gasteiger partial charge on any atom is -0.311 e. The number of para-hydroxylation sites is 2.